The summed E-state index contributed by atoms with van der Waals surface area (Å²) in [7, 11) is 0. The number of nitrogens with two attached hydrogens (primary N) is 1. The first-order valence-corrected chi connectivity index (χ1v) is 8.53. The molecule has 0 radical (unpaired) electrons. The number of benzene rings is 1. The van der Waals surface area contributed by atoms with Gasteiger partial charge in [0.05, 0.1) is 19.5 Å². The van der Waals surface area contributed by atoms with Crippen molar-refractivity contribution in [2.24, 2.45) is 5.73 Å². The molecular formula is C17H22N6O5. The number of hydrogen-bond acceptors (Lipinski definition) is 5. The van der Waals surface area contributed by atoms with Gasteiger partial charge in [0.1, 0.15) is 0 Å². The second-order valence-corrected chi connectivity index (χ2v) is 6.15. The molecule has 0 saturated carbocycles. The van der Waals surface area contributed by atoms with Gasteiger partial charge in [-0.1, -0.05) is 6.07 Å². The average molecular weight is 390 g/mol. The Morgan fingerprint density at radius 3 is 2.64 bits per heavy atom. The Balaban J connectivity index is 1.88. The molecule has 1 heterocycles. The van der Waals surface area contributed by atoms with Gasteiger partial charge < -0.3 is 31.3 Å². The smallest absolute Gasteiger partial charge is 0.305 e. The molecule has 1 aromatic rings. The maximum atomic E-state index is 12.2. The van der Waals surface area contributed by atoms with Gasteiger partial charge in [0.2, 0.25) is 11.8 Å². The molecule has 0 spiro atoms. The van der Waals surface area contributed by atoms with Crippen molar-refractivity contribution < 1.29 is 24.3 Å². The summed E-state index contributed by atoms with van der Waals surface area (Å²) in [6.45, 7) is 0.450. The van der Waals surface area contributed by atoms with E-state index in [9.17, 15) is 19.2 Å². The molecule has 0 unspecified atom stereocenters. The van der Waals surface area contributed by atoms with E-state index >= 15 is 0 Å². The zero-order valence-electron chi connectivity index (χ0n) is 15.1. The third-order valence-electron chi connectivity index (χ3n) is 4.03. The second-order valence-electron chi connectivity index (χ2n) is 6.15. The molecule has 1 aliphatic rings. The van der Waals surface area contributed by atoms with Gasteiger partial charge in [-0.25, -0.2) is 0 Å². The summed E-state index contributed by atoms with van der Waals surface area (Å²) >= 11 is 0. The van der Waals surface area contributed by atoms with E-state index in [0.29, 0.717) is 12.2 Å². The van der Waals surface area contributed by atoms with Crippen LogP contribution in [0.2, 0.25) is 0 Å². The molecule has 6 N–H and O–H groups in total. The number of carbonyl (C=O) groups is 4. The Labute approximate surface area is 161 Å². The van der Waals surface area contributed by atoms with Crippen molar-refractivity contribution in [3.8, 4) is 0 Å². The van der Waals surface area contributed by atoms with Gasteiger partial charge in [-0.3, -0.25) is 24.6 Å². The lowest BCUT2D eigenvalue weighted by Crippen LogP contribution is -2.55. The largest absolute Gasteiger partial charge is 0.481 e. The molecule has 150 valence electrons. The third-order valence-corrected chi connectivity index (χ3v) is 4.03. The van der Waals surface area contributed by atoms with Crippen molar-refractivity contribution in [1.29, 1.82) is 5.41 Å². The third kappa shape index (κ3) is 5.97. The van der Waals surface area contributed by atoms with E-state index < -0.39 is 17.8 Å². The second kappa shape index (κ2) is 9.35. The van der Waals surface area contributed by atoms with Crippen LogP contribution < -0.4 is 16.4 Å². The molecule has 11 heteroatoms. The van der Waals surface area contributed by atoms with Crippen LogP contribution in [-0.2, 0) is 14.4 Å². The Morgan fingerprint density at radius 2 is 2.00 bits per heavy atom. The SMILES string of the molecule is N=C(N)N1CCN(CC(=O)Nc2cccc(C(=O)NCCC(=O)O)c2)C(=O)C1. The topological polar surface area (TPSA) is 169 Å². The summed E-state index contributed by atoms with van der Waals surface area (Å²) in [5, 5.41) is 21.0. The van der Waals surface area contributed by atoms with Gasteiger partial charge in [0, 0.05) is 30.9 Å². The fourth-order valence-electron chi connectivity index (χ4n) is 2.58. The molecule has 2 rings (SSSR count). The molecule has 0 atom stereocenters. The summed E-state index contributed by atoms with van der Waals surface area (Å²) in [5.41, 5.74) is 6.01. The monoisotopic (exact) mass is 390 g/mol. The molecule has 11 nitrogen and oxygen atoms in total. The summed E-state index contributed by atoms with van der Waals surface area (Å²) in [6, 6.07) is 6.18. The Bertz CT molecular complexity index is 796. The van der Waals surface area contributed by atoms with Gasteiger partial charge in [-0.05, 0) is 18.2 Å². The van der Waals surface area contributed by atoms with E-state index in [2.05, 4.69) is 10.6 Å². The van der Waals surface area contributed by atoms with Crippen LogP contribution in [0.5, 0.6) is 0 Å². The van der Waals surface area contributed by atoms with Crippen LogP contribution >= 0.6 is 0 Å². The summed E-state index contributed by atoms with van der Waals surface area (Å²) in [6.07, 6.45) is -0.187. The van der Waals surface area contributed by atoms with E-state index in [0.717, 1.165) is 0 Å². The van der Waals surface area contributed by atoms with Gasteiger partial charge in [0.25, 0.3) is 5.91 Å². The molecule has 1 aliphatic heterocycles. The maximum absolute atomic E-state index is 12.2. The first-order chi connectivity index (χ1) is 13.3. The number of carboxylic acid groups (broad SMARTS) is 1. The van der Waals surface area contributed by atoms with Crippen LogP contribution in [0.15, 0.2) is 24.3 Å². The Hall–Kier alpha value is -3.63. The van der Waals surface area contributed by atoms with Crippen molar-refractivity contribution in [3.63, 3.8) is 0 Å². The first-order valence-electron chi connectivity index (χ1n) is 8.53. The highest BCUT2D eigenvalue weighted by Gasteiger charge is 2.26. The minimum absolute atomic E-state index is 0.000887. The lowest BCUT2D eigenvalue weighted by Gasteiger charge is -2.34. The van der Waals surface area contributed by atoms with Gasteiger partial charge in [-0.15, -0.1) is 0 Å². The number of piperazine rings is 1. The molecule has 0 aromatic heterocycles. The zero-order chi connectivity index (χ0) is 20.7. The molecule has 1 fully saturated rings. The van der Waals surface area contributed by atoms with Crippen molar-refractivity contribution >= 4 is 35.3 Å². The number of nitrogens with zero attached hydrogens (tertiary/aromatic N) is 2. The van der Waals surface area contributed by atoms with Crippen LogP contribution in [0, 0.1) is 5.41 Å². The van der Waals surface area contributed by atoms with Crippen molar-refractivity contribution in [2.75, 3.05) is 38.0 Å². The highest BCUT2D eigenvalue weighted by Crippen LogP contribution is 2.11. The van der Waals surface area contributed by atoms with Gasteiger partial charge in [-0.2, -0.15) is 0 Å². The average Bonchev–Trinajstić information content (AvgIpc) is 2.63. The van der Waals surface area contributed by atoms with Gasteiger partial charge in [0.15, 0.2) is 5.96 Å². The number of hydrogen-bond donors (Lipinski definition) is 5. The summed E-state index contributed by atoms with van der Waals surface area (Å²) in [5.74, 6) is -2.38. The minimum Gasteiger partial charge on any atom is -0.481 e. The molecule has 1 saturated heterocycles. The highest BCUT2D eigenvalue weighted by molar-refractivity contribution is 5.98. The predicted molar refractivity (Wildman–Crippen MR) is 99.7 cm³/mol. The van der Waals surface area contributed by atoms with E-state index in [-0.39, 0.29) is 50.0 Å². The Kier molecular flexibility index (Phi) is 6.90. The van der Waals surface area contributed by atoms with E-state index in [1.54, 1.807) is 12.1 Å². The molecule has 3 amide bonds. The number of guanidine groups is 1. The summed E-state index contributed by atoms with van der Waals surface area (Å²) < 4.78 is 0. The van der Waals surface area contributed by atoms with Gasteiger partial charge >= 0.3 is 5.97 Å². The van der Waals surface area contributed by atoms with E-state index in [1.165, 1.54) is 21.9 Å². The molecular weight excluding hydrogens is 368 g/mol. The van der Waals surface area contributed by atoms with E-state index in [4.69, 9.17) is 16.2 Å². The van der Waals surface area contributed by atoms with Crippen LogP contribution in [0.25, 0.3) is 0 Å². The minimum atomic E-state index is -1.01. The van der Waals surface area contributed by atoms with E-state index in [1.807, 2.05) is 0 Å². The number of rotatable bonds is 7. The van der Waals surface area contributed by atoms with Crippen LogP contribution in [0.3, 0.4) is 0 Å². The molecule has 28 heavy (non-hydrogen) atoms. The lowest BCUT2D eigenvalue weighted by atomic mass is 10.2. The number of nitrogens with one attached hydrogen (secondary N) is 3. The fourth-order valence-corrected chi connectivity index (χ4v) is 2.58. The molecule has 0 aliphatic carbocycles. The number of carbonyl (C=O) groups excluding carboxylic acids is 3. The zero-order valence-corrected chi connectivity index (χ0v) is 15.1. The number of amides is 3. The fraction of sp³-hybridized carbons (Fsp3) is 0.353. The van der Waals surface area contributed by atoms with Crippen LogP contribution in [0.1, 0.15) is 16.8 Å². The van der Waals surface area contributed by atoms with Crippen molar-refractivity contribution in [3.05, 3.63) is 29.8 Å². The first kappa shape index (κ1) is 20.7. The normalized spacial score (nSPS) is 13.8. The number of anilines is 1. The van der Waals surface area contributed by atoms with Crippen LogP contribution in [-0.4, -0.2) is 77.3 Å². The molecule has 0 bridgehead atoms. The number of aliphatic carboxylic acids is 1. The quantitative estimate of drug-likeness (QED) is 0.290. The molecule has 1 aromatic carbocycles. The standard InChI is InChI=1S/C17H22N6O5/c18-17(19)23-7-6-22(14(25)10-23)9-13(24)21-12-3-1-2-11(8-12)16(28)20-5-4-15(26)27/h1-3,8H,4-7,9-10H2,(H3,18,19)(H,20,28)(H,21,24)(H,26,27). The number of carboxylic acids is 1. The lowest BCUT2D eigenvalue weighted by molar-refractivity contribution is -0.137. The Morgan fingerprint density at radius 1 is 1.25 bits per heavy atom. The predicted octanol–water partition coefficient (Wildman–Crippen LogP) is -1.13. The van der Waals surface area contributed by atoms with Crippen LogP contribution in [0.4, 0.5) is 5.69 Å². The van der Waals surface area contributed by atoms with Crippen molar-refractivity contribution in [1.82, 2.24) is 15.1 Å². The highest BCUT2D eigenvalue weighted by atomic mass is 16.4. The maximum Gasteiger partial charge on any atom is 0.305 e. The van der Waals surface area contributed by atoms with Crippen molar-refractivity contribution in [2.45, 2.75) is 6.42 Å². The summed E-state index contributed by atoms with van der Waals surface area (Å²) in [4.78, 5) is 49.5.